The van der Waals surface area contributed by atoms with E-state index in [-0.39, 0.29) is 12.3 Å². The molecule has 5 heteroatoms. The summed E-state index contributed by atoms with van der Waals surface area (Å²) in [5, 5.41) is 3.92. The highest BCUT2D eigenvalue weighted by atomic mass is 16.5. The standard InChI is InChI=1S/C18H22N2O3/c1-3-5-16-10-11-17(23-16)13-19-20-18(21)12-14-6-8-15(9-7-14)22-4-2/h6-11,13H,3-5,12H2,1-2H3,(H,20,21)/b19-13-. The third-order valence-electron chi connectivity index (χ3n) is 3.16. The van der Waals surface area contributed by atoms with Crippen LogP contribution >= 0.6 is 0 Å². The molecule has 23 heavy (non-hydrogen) atoms. The molecule has 1 amide bonds. The molecular formula is C18H22N2O3. The first-order chi connectivity index (χ1) is 11.2. The number of amides is 1. The molecule has 0 spiro atoms. The number of hydrazone groups is 1. The van der Waals surface area contributed by atoms with Gasteiger partial charge in [0.15, 0.2) is 0 Å². The van der Waals surface area contributed by atoms with Crippen molar-refractivity contribution in [2.45, 2.75) is 33.1 Å². The molecule has 0 aliphatic carbocycles. The van der Waals surface area contributed by atoms with Crippen molar-refractivity contribution in [2.24, 2.45) is 5.10 Å². The van der Waals surface area contributed by atoms with Crippen molar-refractivity contribution in [3.05, 3.63) is 53.5 Å². The highest BCUT2D eigenvalue weighted by Crippen LogP contribution is 2.12. The van der Waals surface area contributed by atoms with Crippen LogP contribution in [-0.2, 0) is 17.6 Å². The molecule has 0 radical (unpaired) electrons. The molecule has 0 saturated heterocycles. The van der Waals surface area contributed by atoms with E-state index in [0.717, 1.165) is 29.9 Å². The van der Waals surface area contributed by atoms with Crippen molar-refractivity contribution in [1.82, 2.24) is 5.43 Å². The smallest absolute Gasteiger partial charge is 0.244 e. The highest BCUT2D eigenvalue weighted by molar-refractivity contribution is 5.81. The number of carbonyl (C=O) groups is 1. The Bertz CT molecular complexity index is 645. The third kappa shape index (κ3) is 5.62. The van der Waals surface area contributed by atoms with E-state index in [0.29, 0.717) is 12.4 Å². The minimum Gasteiger partial charge on any atom is -0.494 e. The van der Waals surface area contributed by atoms with Crippen LogP contribution in [0.25, 0.3) is 0 Å². The number of hydrogen-bond acceptors (Lipinski definition) is 4. The molecule has 0 fully saturated rings. The second kappa shape index (κ2) is 8.78. The number of furan rings is 1. The van der Waals surface area contributed by atoms with Gasteiger partial charge in [0.25, 0.3) is 0 Å². The molecule has 0 saturated carbocycles. The number of nitrogens with one attached hydrogen (secondary N) is 1. The van der Waals surface area contributed by atoms with Gasteiger partial charge in [0.1, 0.15) is 17.3 Å². The van der Waals surface area contributed by atoms with Crippen LogP contribution in [-0.4, -0.2) is 18.7 Å². The van der Waals surface area contributed by atoms with E-state index in [1.165, 1.54) is 6.21 Å². The van der Waals surface area contributed by atoms with Gasteiger partial charge in [-0.3, -0.25) is 4.79 Å². The van der Waals surface area contributed by atoms with E-state index in [2.05, 4.69) is 17.5 Å². The van der Waals surface area contributed by atoms with Crippen LogP contribution in [0, 0.1) is 0 Å². The van der Waals surface area contributed by atoms with Gasteiger partial charge in [0, 0.05) is 6.42 Å². The zero-order valence-electron chi connectivity index (χ0n) is 13.5. The van der Waals surface area contributed by atoms with Gasteiger partial charge in [-0.1, -0.05) is 19.1 Å². The lowest BCUT2D eigenvalue weighted by atomic mass is 10.1. The Balaban J connectivity index is 1.80. The number of carbonyl (C=O) groups excluding carboxylic acids is 1. The highest BCUT2D eigenvalue weighted by Gasteiger charge is 2.03. The first kappa shape index (κ1) is 16.8. The van der Waals surface area contributed by atoms with Crippen molar-refractivity contribution in [3.8, 4) is 5.75 Å². The maximum absolute atomic E-state index is 11.8. The number of benzene rings is 1. The fraction of sp³-hybridized carbons (Fsp3) is 0.333. The molecule has 1 aromatic carbocycles. The maximum atomic E-state index is 11.8. The van der Waals surface area contributed by atoms with E-state index < -0.39 is 0 Å². The first-order valence-corrected chi connectivity index (χ1v) is 7.83. The van der Waals surface area contributed by atoms with Gasteiger partial charge in [-0.25, -0.2) is 5.43 Å². The number of ether oxygens (including phenoxy) is 1. The summed E-state index contributed by atoms with van der Waals surface area (Å²) >= 11 is 0. The Hall–Kier alpha value is -2.56. The fourth-order valence-corrected chi connectivity index (χ4v) is 2.11. The summed E-state index contributed by atoms with van der Waals surface area (Å²) in [6, 6.07) is 11.2. The minimum atomic E-state index is -0.175. The molecular weight excluding hydrogens is 292 g/mol. The maximum Gasteiger partial charge on any atom is 0.244 e. The van der Waals surface area contributed by atoms with Gasteiger partial charge in [-0.2, -0.15) is 5.10 Å². The largest absolute Gasteiger partial charge is 0.494 e. The first-order valence-electron chi connectivity index (χ1n) is 7.83. The van der Waals surface area contributed by atoms with Gasteiger partial charge < -0.3 is 9.15 Å². The number of hydrogen-bond donors (Lipinski definition) is 1. The predicted octanol–water partition coefficient (Wildman–Crippen LogP) is 3.32. The molecule has 0 bridgehead atoms. The zero-order valence-corrected chi connectivity index (χ0v) is 13.5. The summed E-state index contributed by atoms with van der Waals surface area (Å²) in [5.41, 5.74) is 3.41. The van der Waals surface area contributed by atoms with Crippen LogP contribution in [0.1, 0.15) is 37.4 Å². The predicted molar refractivity (Wildman–Crippen MR) is 89.8 cm³/mol. The van der Waals surface area contributed by atoms with Crippen molar-refractivity contribution in [3.63, 3.8) is 0 Å². The van der Waals surface area contributed by atoms with Crippen molar-refractivity contribution in [1.29, 1.82) is 0 Å². The SMILES string of the molecule is CCCc1ccc(/C=N\NC(=O)Cc2ccc(OCC)cc2)o1. The molecule has 1 N–H and O–H groups in total. The molecule has 0 atom stereocenters. The Kier molecular flexibility index (Phi) is 6.41. The average molecular weight is 314 g/mol. The van der Waals surface area contributed by atoms with Crippen molar-refractivity contribution in [2.75, 3.05) is 6.61 Å². The summed E-state index contributed by atoms with van der Waals surface area (Å²) in [4.78, 5) is 11.8. The van der Waals surface area contributed by atoms with Crippen LogP contribution in [0.15, 0.2) is 45.9 Å². The quantitative estimate of drug-likeness (QED) is 0.600. The van der Waals surface area contributed by atoms with Crippen LogP contribution in [0.5, 0.6) is 5.75 Å². The lowest BCUT2D eigenvalue weighted by Crippen LogP contribution is -2.19. The van der Waals surface area contributed by atoms with Crippen LogP contribution in [0.3, 0.4) is 0 Å². The lowest BCUT2D eigenvalue weighted by molar-refractivity contribution is -0.120. The Labute approximate surface area is 136 Å². The number of aryl methyl sites for hydroxylation is 1. The summed E-state index contributed by atoms with van der Waals surface area (Å²) in [7, 11) is 0. The molecule has 5 nitrogen and oxygen atoms in total. The van der Waals surface area contributed by atoms with Gasteiger partial charge in [0.2, 0.25) is 5.91 Å². The number of rotatable bonds is 8. The Morgan fingerprint density at radius 1 is 1.22 bits per heavy atom. The van der Waals surface area contributed by atoms with Gasteiger partial charge in [0.05, 0.1) is 19.2 Å². The van der Waals surface area contributed by atoms with E-state index in [1.807, 2.05) is 43.3 Å². The minimum absolute atomic E-state index is 0.175. The van der Waals surface area contributed by atoms with Crippen molar-refractivity contribution >= 4 is 12.1 Å². The average Bonchev–Trinajstić information content (AvgIpc) is 2.97. The fourth-order valence-electron chi connectivity index (χ4n) is 2.11. The molecule has 122 valence electrons. The topological polar surface area (TPSA) is 63.8 Å². The summed E-state index contributed by atoms with van der Waals surface area (Å²) < 4.78 is 10.9. The molecule has 2 rings (SSSR count). The molecule has 0 aliphatic heterocycles. The molecule has 2 aromatic rings. The van der Waals surface area contributed by atoms with Crippen LogP contribution in [0.4, 0.5) is 0 Å². The Morgan fingerprint density at radius 3 is 2.70 bits per heavy atom. The van der Waals surface area contributed by atoms with Gasteiger partial charge in [-0.15, -0.1) is 0 Å². The second-order valence-electron chi connectivity index (χ2n) is 5.10. The van der Waals surface area contributed by atoms with Gasteiger partial charge >= 0.3 is 0 Å². The summed E-state index contributed by atoms with van der Waals surface area (Å²) in [6.07, 6.45) is 3.71. The van der Waals surface area contributed by atoms with E-state index in [9.17, 15) is 4.79 Å². The van der Waals surface area contributed by atoms with Crippen molar-refractivity contribution < 1.29 is 13.9 Å². The zero-order chi connectivity index (χ0) is 16.5. The molecule has 0 unspecified atom stereocenters. The third-order valence-corrected chi connectivity index (χ3v) is 3.16. The van der Waals surface area contributed by atoms with Crippen LogP contribution < -0.4 is 10.2 Å². The van der Waals surface area contributed by atoms with Crippen LogP contribution in [0.2, 0.25) is 0 Å². The normalized spacial score (nSPS) is 10.9. The van der Waals surface area contributed by atoms with E-state index in [4.69, 9.17) is 9.15 Å². The molecule has 1 aromatic heterocycles. The summed E-state index contributed by atoms with van der Waals surface area (Å²) in [6.45, 7) is 4.66. The Morgan fingerprint density at radius 2 is 2.00 bits per heavy atom. The van der Waals surface area contributed by atoms with E-state index in [1.54, 1.807) is 0 Å². The summed E-state index contributed by atoms with van der Waals surface area (Å²) in [5.74, 6) is 2.19. The molecule has 0 aliphatic rings. The number of nitrogens with zero attached hydrogens (tertiary/aromatic N) is 1. The van der Waals surface area contributed by atoms with Gasteiger partial charge in [-0.05, 0) is 43.2 Å². The lowest BCUT2D eigenvalue weighted by Gasteiger charge is -2.04. The monoisotopic (exact) mass is 314 g/mol. The molecule has 1 heterocycles. The van der Waals surface area contributed by atoms with E-state index >= 15 is 0 Å². The second-order valence-corrected chi connectivity index (χ2v) is 5.10.